The molecule has 1 aromatic carbocycles. The van der Waals surface area contributed by atoms with Gasteiger partial charge < -0.3 is 15.4 Å². The zero-order chi connectivity index (χ0) is 20.5. The van der Waals surface area contributed by atoms with Crippen LogP contribution < -0.4 is 15.4 Å². The zero-order valence-electron chi connectivity index (χ0n) is 17.9. The minimum absolute atomic E-state index is 0.713. The summed E-state index contributed by atoms with van der Waals surface area (Å²) in [4.78, 5) is 8.43. The Hall–Kier alpha value is -2.05. The van der Waals surface area contributed by atoms with E-state index in [2.05, 4.69) is 57.1 Å². The molecule has 5 nitrogen and oxygen atoms in total. The molecule has 0 radical (unpaired) electrons. The fourth-order valence-corrected chi connectivity index (χ4v) is 4.60. The normalized spacial score (nSPS) is 16.0. The van der Waals surface area contributed by atoms with Crippen molar-refractivity contribution in [2.75, 3.05) is 40.3 Å². The third-order valence-corrected chi connectivity index (χ3v) is 6.43. The molecular weight excluding hydrogens is 380 g/mol. The van der Waals surface area contributed by atoms with Gasteiger partial charge in [-0.25, -0.2) is 0 Å². The second-order valence-electron chi connectivity index (χ2n) is 7.74. The first-order chi connectivity index (χ1) is 14.2. The Bertz CT molecular complexity index is 767. The van der Waals surface area contributed by atoms with Crippen LogP contribution in [0.2, 0.25) is 0 Å². The van der Waals surface area contributed by atoms with Crippen LogP contribution in [-0.4, -0.2) is 51.2 Å². The first-order valence-corrected chi connectivity index (χ1v) is 11.4. The van der Waals surface area contributed by atoms with Crippen molar-refractivity contribution < 1.29 is 4.74 Å². The van der Waals surface area contributed by atoms with E-state index in [9.17, 15) is 0 Å². The number of aryl methyl sites for hydroxylation is 1. The summed E-state index contributed by atoms with van der Waals surface area (Å²) in [6.07, 6.45) is 3.40. The number of guanidine groups is 1. The number of benzene rings is 1. The molecule has 2 heterocycles. The van der Waals surface area contributed by atoms with Gasteiger partial charge in [-0.2, -0.15) is 0 Å². The highest BCUT2D eigenvalue weighted by molar-refractivity contribution is 7.09. The maximum absolute atomic E-state index is 5.48. The Balaban J connectivity index is 1.36. The molecule has 0 atom stereocenters. The van der Waals surface area contributed by atoms with Gasteiger partial charge in [-0.3, -0.25) is 9.89 Å². The highest BCUT2D eigenvalue weighted by atomic mass is 32.1. The minimum atomic E-state index is 0.713. The molecule has 1 saturated heterocycles. The van der Waals surface area contributed by atoms with E-state index < -0.39 is 0 Å². The van der Waals surface area contributed by atoms with E-state index in [-0.39, 0.29) is 0 Å². The van der Waals surface area contributed by atoms with E-state index in [0.717, 1.165) is 37.8 Å². The molecule has 0 bridgehead atoms. The second-order valence-corrected chi connectivity index (χ2v) is 8.78. The van der Waals surface area contributed by atoms with Crippen LogP contribution in [0.4, 0.5) is 0 Å². The van der Waals surface area contributed by atoms with Crippen LogP contribution in [0.15, 0.2) is 40.7 Å². The molecular formula is C23H34N4OS. The fourth-order valence-electron chi connectivity index (χ4n) is 3.85. The molecule has 1 fully saturated rings. The van der Waals surface area contributed by atoms with Crippen LogP contribution in [0, 0.1) is 12.8 Å². The van der Waals surface area contributed by atoms with Crippen LogP contribution >= 0.6 is 11.3 Å². The molecule has 29 heavy (non-hydrogen) atoms. The molecule has 1 aromatic heterocycles. The molecule has 3 rings (SSSR count). The number of nitrogens with zero attached hydrogens (tertiary/aromatic N) is 2. The van der Waals surface area contributed by atoms with E-state index in [1.165, 1.54) is 41.9 Å². The molecule has 0 unspecified atom stereocenters. The van der Waals surface area contributed by atoms with Gasteiger partial charge in [0.1, 0.15) is 5.75 Å². The van der Waals surface area contributed by atoms with E-state index >= 15 is 0 Å². The van der Waals surface area contributed by atoms with Gasteiger partial charge >= 0.3 is 0 Å². The summed E-state index contributed by atoms with van der Waals surface area (Å²) in [5.74, 6) is 2.55. The molecule has 158 valence electrons. The monoisotopic (exact) mass is 414 g/mol. The summed E-state index contributed by atoms with van der Waals surface area (Å²) in [6.45, 7) is 7.40. The fraction of sp³-hybridized carbons (Fsp3) is 0.522. The van der Waals surface area contributed by atoms with Crippen LogP contribution in [0.1, 0.15) is 28.8 Å². The van der Waals surface area contributed by atoms with Gasteiger partial charge in [0.15, 0.2) is 5.96 Å². The predicted molar refractivity (Wildman–Crippen MR) is 123 cm³/mol. The van der Waals surface area contributed by atoms with Gasteiger partial charge in [0.25, 0.3) is 0 Å². The van der Waals surface area contributed by atoms with Crippen LogP contribution in [0.25, 0.3) is 0 Å². The van der Waals surface area contributed by atoms with Crippen LogP contribution in [-0.2, 0) is 13.0 Å². The number of aliphatic imine (C=N–C) groups is 1. The Labute approximate surface area is 179 Å². The lowest BCUT2D eigenvalue weighted by molar-refractivity contribution is 0.179. The lowest BCUT2D eigenvalue weighted by Crippen LogP contribution is -2.43. The van der Waals surface area contributed by atoms with Gasteiger partial charge in [0.05, 0.1) is 7.11 Å². The SMILES string of the molecule is CN=C(NCCc1cc(C)ccc1OC)NCC1CCN(Cc2cccs2)CC1. The lowest BCUT2D eigenvalue weighted by atomic mass is 9.97. The van der Waals surface area contributed by atoms with Gasteiger partial charge in [0.2, 0.25) is 0 Å². The summed E-state index contributed by atoms with van der Waals surface area (Å²) in [7, 11) is 3.57. The van der Waals surface area contributed by atoms with Crippen molar-refractivity contribution in [3.05, 3.63) is 51.7 Å². The van der Waals surface area contributed by atoms with Gasteiger partial charge in [-0.1, -0.05) is 23.8 Å². The molecule has 0 amide bonds. The van der Waals surface area contributed by atoms with Crippen molar-refractivity contribution in [2.45, 2.75) is 32.7 Å². The number of hydrogen-bond acceptors (Lipinski definition) is 4. The second kappa shape index (κ2) is 11.2. The quantitative estimate of drug-likeness (QED) is 0.511. The van der Waals surface area contributed by atoms with E-state index in [4.69, 9.17) is 4.74 Å². The Kier molecular flexibility index (Phi) is 8.38. The highest BCUT2D eigenvalue weighted by Crippen LogP contribution is 2.21. The molecule has 0 saturated carbocycles. The minimum Gasteiger partial charge on any atom is -0.496 e. The lowest BCUT2D eigenvalue weighted by Gasteiger charge is -2.32. The third-order valence-electron chi connectivity index (χ3n) is 5.57. The van der Waals surface area contributed by atoms with Crippen molar-refractivity contribution in [1.29, 1.82) is 0 Å². The predicted octanol–water partition coefficient (Wildman–Crippen LogP) is 3.68. The smallest absolute Gasteiger partial charge is 0.190 e. The molecule has 2 aromatic rings. The summed E-state index contributed by atoms with van der Waals surface area (Å²) < 4.78 is 5.48. The van der Waals surface area contributed by atoms with E-state index in [1.54, 1.807) is 7.11 Å². The molecule has 6 heteroatoms. The van der Waals surface area contributed by atoms with Gasteiger partial charge in [0, 0.05) is 31.6 Å². The topological polar surface area (TPSA) is 48.9 Å². The third kappa shape index (κ3) is 6.75. The van der Waals surface area contributed by atoms with Gasteiger partial charge in [-0.15, -0.1) is 11.3 Å². The summed E-state index contributed by atoms with van der Waals surface area (Å²) >= 11 is 1.86. The zero-order valence-corrected chi connectivity index (χ0v) is 18.7. The highest BCUT2D eigenvalue weighted by Gasteiger charge is 2.19. The van der Waals surface area contributed by atoms with Gasteiger partial charge in [-0.05, 0) is 68.3 Å². The maximum Gasteiger partial charge on any atom is 0.190 e. The maximum atomic E-state index is 5.48. The largest absolute Gasteiger partial charge is 0.496 e. The number of hydrogen-bond donors (Lipinski definition) is 2. The first kappa shape index (κ1) is 21.7. The van der Waals surface area contributed by atoms with Crippen molar-refractivity contribution >= 4 is 17.3 Å². The molecule has 0 aliphatic carbocycles. The van der Waals surface area contributed by atoms with E-state index in [1.807, 2.05) is 24.5 Å². The van der Waals surface area contributed by atoms with Crippen molar-refractivity contribution in [3.63, 3.8) is 0 Å². The number of likely N-dealkylation sites (tertiary alicyclic amines) is 1. The number of nitrogens with one attached hydrogen (secondary N) is 2. The molecule has 2 N–H and O–H groups in total. The molecule has 1 aliphatic heterocycles. The molecule has 1 aliphatic rings. The Morgan fingerprint density at radius 1 is 1.24 bits per heavy atom. The first-order valence-electron chi connectivity index (χ1n) is 10.5. The van der Waals surface area contributed by atoms with E-state index in [0.29, 0.717) is 5.92 Å². The average molecular weight is 415 g/mol. The standard InChI is InChI=1S/C23H34N4OS/c1-18-6-7-22(28-3)20(15-18)8-11-25-23(24-2)26-16-19-9-12-27(13-10-19)17-21-5-4-14-29-21/h4-7,14-15,19H,8-13,16-17H2,1-3H3,(H2,24,25,26). The van der Waals surface area contributed by atoms with Crippen molar-refractivity contribution in [2.24, 2.45) is 10.9 Å². The number of piperidine rings is 1. The number of methoxy groups -OCH3 is 1. The number of ether oxygens (including phenoxy) is 1. The van der Waals surface area contributed by atoms with Crippen LogP contribution in [0.3, 0.4) is 0 Å². The Morgan fingerprint density at radius 3 is 2.76 bits per heavy atom. The summed E-state index contributed by atoms with van der Waals surface area (Å²) in [5, 5.41) is 9.12. The Morgan fingerprint density at radius 2 is 2.07 bits per heavy atom. The summed E-state index contributed by atoms with van der Waals surface area (Å²) in [6, 6.07) is 10.7. The average Bonchev–Trinajstić information content (AvgIpc) is 3.25. The molecule has 0 spiro atoms. The van der Waals surface area contributed by atoms with Crippen molar-refractivity contribution in [1.82, 2.24) is 15.5 Å². The van der Waals surface area contributed by atoms with Crippen molar-refractivity contribution in [3.8, 4) is 5.75 Å². The number of rotatable bonds is 8. The number of thiophene rings is 1. The van der Waals surface area contributed by atoms with Crippen LogP contribution in [0.5, 0.6) is 5.75 Å². The summed E-state index contributed by atoms with van der Waals surface area (Å²) in [5.41, 5.74) is 2.49.